The maximum Gasteiger partial charge on any atom is 0.274 e. The maximum absolute atomic E-state index is 13.2. The lowest BCUT2D eigenvalue weighted by Gasteiger charge is -2.07. The molecule has 3 aromatic rings. The van der Waals surface area contributed by atoms with Gasteiger partial charge in [0.15, 0.2) is 0 Å². The van der Waals surface area contributed by atoms with Gasteiger partial charge in [-0.1, -0.05) is 24.3 Å². The number of benzene rings is 2. The second-order valence-corrected chi connectivity index (χ2v) is 4.74. The van der Waals surface area contributed by atoms with Crippen molar-refractivity contribution in [3.05, 3.63) is 78.5 Å². The van der Waals surface area contributed by atoms with Crippen molar-refractivity contribution >= 4 is 23.1 Å². The topological polar surface area (TPSA) is 66.9 Å². The Kier molecular flexibility index (Phi) is 4.24. The summed E-state index contributed by atoms with van der Waals surface area (Å²) in [5.74, 6) is -0.296. The normalized spacial score (nSPS) is 10.1. The number of halogens is 1. The lowest BCUT2D eigenvalue weighted by Crippen LogP contribution is -2.14. The summed E-state index contributed by atoms with van der Waals surface area (Å²) in [7, 11) is 0. The number of para-hydroxylation sites is 1. The summed E-state index contributed by atoms with van der Waals surface area (Å²) in [4.78, 5) is 20.2. The molecule has 1 heterocycles. The number of aromatic nitrogens is 2. The molecule has 0 radical (unpaired) electrons. The molecule has 0 fully saturated rings. The number of hydrogen-bond donors (Lipinski definition) is 2. The van der Waals surface area contributed by atoms with Crippen molar-refractivity contribution in [2.45, 2.75) is 0 Å². The van der Waals surface area contributed by atoms with Gasteiger partial charge in [-0.3, -0.25) is 4.79 Å². The highest BCUT2D eigenvalue weighted by Gasteiger charge is 2.09. The van der Waals surface area contributed by atoms with Crippen LogP contribution >= 0.6 is 0 Å². The first-order valence-corrected chi connectivity index (χ1v) is 6.92. The monoisotopic (exact) mass is 308 g/mol. The van der Waals surface area contributed by atoms with E-state index in [2.05, 4.69) is 20.6 Å². The Hall–Kier alpha value is -3.28. The molecule has 0 aliphatic rings. The lowest BCUT2D eigenvalue weighted by atomic mass is 10.3. The van der Waals surface area contributed by atoms with Crippen LogP contribution in [-0.2, 0) is 0 Å². The molecule has 0 unspecified atom stereocenters. The minimum atomic E-state index is -0.355. The van der Waals surface area contributed by atoms with Gasteiger partial charge < -0.3 is 10.6 Å². The van der Waals surface area contributed by atoms with E-state index in [9.17, 15) is 9.18 Å². The van der Waals surface area contributed by atoms with Crippen molar-refractivity contribution in [3.63, 3.8) is 0 Å². The van der Waals surface area contributed by atoms with Gasteiger partial charge in [0.2, 0.25) is 0 Å². The zero-order chi connectivity index (χ0) is 16.1. The third kappa shape index (κ3) is 3.88. The van der Waals surface area contributed by atoms with Crippen molar-refractivity contribution < 1.29 is 9.18 Å². The molecule has 0 atom stereocenters. The van der Waals surface area contributed by atoms with E-state index < -0.39 is 0 Å². The van der Waals surface area contributed by atoms with Crippen LogP contribution in [0.2, 0.25) is 0 Å². The van der Waals surface area contributed by atoms with Crippen molar-refractivity contribution in [3.8, 4) is 0 Å². The predicted octanol–water partition coefficient (Wildman–Crippen LogP) is 3.61. The van der Waals surface area contributed by atoms with E-state index in [0.29, 0.717) is 17.2 Å². The van der Waals surface area contributed by atoms with E-state index >= 15 is 0 Å². The minimum absolute atomic E-state index is 0.211. The Balaban J connectivity index is 1.75. The van der Waals surface area contributed by atoms with E-state index in [0.717, 1.165) is 0 Å². The van der Waals surface area contributed by atoms with Crippen LogP contribution in [0.25, 0.3) is 0 Å². The highest BCUT2D eigenvalue weighted by Crippen LogP contribution is 2.16. The van der Waals surface area contributed by atoms with Gasteiger partial charge in [-0.2, -0.15) is 0 Å². The number of anilines is 3. The quantitative estimate of drug-likeness (QED) is 0.772. The third-order valence-electron chi connectivity index (χ3n) is 3.03. The number of nitrogens with one attached hydrogen (secondary N) is 2. The highest BCUT2D eigenvalue weighted by molar-refractivity contribution is 6.03. The molecule has 23 heavy (non-hydrogen) atoms. The molecule has 1 aromatic heterocycles. The number of nitrogens with zero attached hydrogens (tertiary/aromatic N) is 2. The molecule has 0 aliphatic heterocycles. The molecule has 5 nitrogen and oxygen atoms in total. The van der Waals surface area contributed by atoms with E-state index in [1.165, 1.54) is 24.5 Å². The summed E-state index contributed by atoms with van der Waals surface area (Å²) in [6, 6.07) is 16.6. The summed E-state index contributed by atoms with van der Waals surface area (Å²) in [5, 5.41) is 5.67. The van der Waals surface area contributed by atoms with E-state index in [4.69, 9.17) is 0 Å². The molecule has 0 spiro atoms. The van der Waals surface area contributed by atoms with Crippen LogP contribution in [0.4, 0.5) is 21.6 Å². The predicted molar refractivity (Wildman–Crippen MR) is 86.1 cm³/mol. The number of rotatable bonds is 4. The Morgan fingerprint density at radius 3 is 2.48 bits per heavy atom. The minimum Gasteiger partial charge on any atom is -0.340 e. The number of carbonyl (C=O) groups is 1. The van der Waals surface area contributed by atoms with Gasteiger partial charge >= 0.3 is 0 Å². The molecule has 2 aromatic carbocycles. The Labute approximate surface area is 132 Å². The van der Waals surface area contributed by atoms with Crippen LogP contribution in [0, 0.1) is 5.82 Å². The molecule has 0 aliphatic carbocycles. The summed E-state index contributed by atoms with van der Waals surface area (Å²) in [5.41, 5.74) is 1.43. The average Bonchev–Trinajstić information content (AvgIpc) is 2.56. The largest absolute Gasteiger partial charge is 0.340 e. The zero-order valence-corrected chi connectivity index (χ0v) is 12.0. The van der Waals surface area contributed by atoms with Gasteiger partial charge in [0.05, 0.1) is 0 Å². The SMILES string of the molecule is O=C(Nc1ccccc1)c1cc(Nc2cccc(F)c2)ncn1. The van der Waals surface area contributed by atoms with Crippen LogP contribution in [0.5, 0.6) is 0 Å². The average molecular weight is 308 g/mol. The summed E-state index contributed by atoms with van der Waals surface area (Å²) >= 11 is 0. The molecule has 3 rings (SSSR count). The van der Waals surface area contributed by atoms with Crippen LogP contribution in [0.3, 0.4) is 0 Å². The Morgan fingerprint density at radius 2 is 1.70 bits per heavy atom. The van der Waals surface area contributed by atoms with Crippen molar-refractivity contribution in [1.29, 1.82) is 0 Å². The van der Waals surface area contributed by atoms with Gasteiger partial charge in [-0.05, 0) is 30.3 Å². The van der Waals surface area contributed by atoms with Gasteiger partial charge in [0.25, 0.3) is 5.91 Å². The van der Waals surface area contributed by atoms with Crippen LogP contribution in [0.15, 0.2) is 67.0 Å². The summed E-state index contributed by atoms with van der Waals surface area (Å²) in [6.45, 7) is 0. The summed E-state index contributed by atoms with van der Waals surface area (Å²) < 4.78 is 13.2. The lowest BCUT2D eigenvalue weighted by molar-refractivity contribution is 0.102. The summed E-state index contributed by atoms with van der Waals surface area (Å²) in [6.07, 6.45) is 1.28. The first-order valence-electron chi connectivity index (χ1n) is 6.92. The first-order chi connectivity index (χ1) is 11.2. The van der Waals surface area contributed by atoms with Gasteiger partial charge in [0, 0.05) is 17.4 Å². The Morgan fingerprint density at radius 1 is 0.913 bits per heavy atom. The molecular formula is C17H13FN4O. The van der Waals surface area contributed by atoms with Crippen molar-refractivity contribution in [2.24, 2.45) is 0 Å². The smallest absolute Gasteiger partial charge is 0.274 e. The van der Waals surface area contributed by atoms with E-state index in [1.807, 2.05) is 18.2 Å². The van der Waals surface area contributed by atoms with Crippen molar-refractivity contribution in [1.82, 2.24) is 9.97 Å². The fourth-order valence-electron chi connectivity index (χ4n) is 1.98. The molecule has 2 N–H and O–H groups in total. The zero-order valence-electron chi connectivity index (χ0n) is 12.0. The number of carbonyl (C=O) groups excluding carboxylic acids is 1. The van der Waals surface area contributed by atoms with Crippen LogP contribution in [-0.4, -0.2) is 15.9 Å². The molecule has 0 bridgehead atoms. The molecule has 1 amide bonds. The van der Waals surface area contributed by atoms with Crippen molar-refractivity contribution in [2.75, 3.05) is 10.6 Å². The van der Waals surface area contributed by atoms with Gasteiger partial charge in [-0.25, -0.2) is 14.4 Å². The number of amides is 1. The fraction of sp³-hybridized carbons (Fsp3) is 0. The highest BCUT2D eigenvalue weighted by atomic mass is 19.1. The van der Waals surface area contributed by atoms with Crippen LogP contribution < -0.4 is 10.6 Å². The number of hydrogen-bond acceptors (Lipinski definition) is 4. The molecule has 114 valence electrons. The first kappa shape index (κ1) is 14.6. The Bertz CT molecular complexity index is 824. The maximum atomic E-state index is 13.2. The standard InChI is InChI=1S/C17H13FN4O/c18-12-5-4-8-14(9-12)21-16-10-15(19-11-20-16)17(23)22-13-6-2-1-3-7-13/h1-11H,(H,22,23)(H,19,20,21). The van der Waals surface area contributed by atoms with Gasteiger partial charge in [0.1, 0.15) is 23.7 Å². The third-order valence-corrected chi connectivity index (χ3v) is 3.03. The fourth-order valence-corrected chi connectivity index (χ4v) is 1.98. The van der Waals surface area contributed by atoms with Crippen LogP contribution in [0.1, 0.15) is 10.5 Å². The molecule has 0 saturated heterocycles. The molecule has 6 heteroatoms. The second-order valence-electron chi connectivity index (χ2n) is 4.74. The second kappa shape index (κ2) is 6.65. The van der Waals surface area contributed by atoms with E-state index in [1.54, 1.807) is 24.3 Å². The molecule has 0 saturated carbocycles. The van der Waals surface area contributed by atoms with E-state index in [-0.39, 0.29) is 17.4 Å². The van der Waals surface area contributed by atoms with Gasteiger partial charge in [-0.15, -0.1) is 0 Å². The molecular weight excluding hydrogens is 295 g/mol.